The number of aryl methyl sites for hydroxylation is 3. The summed E-state index contributed by atoms with van der Waals surface area (Å²) in [5.74, 6) is -1.60. The van der Waals surface area contributed by atoms with E-state index in [9.17, 15) is 42.3 Å². The van der Waals surface area contributed by atoms with Crippen molar-refractivity contribution in [3.8, 4) is 5.69 Å². The summed E-state index contributed by atoms with van der Waals surface area (Å²) < 4.78 is 35.0. The summed E-state index contributed by atoms with van der Waals surface area (Å²) in [6.45, 7) is 5.13. The van der Waals surface area contributed by atoms with Crippen LogP contribution in [0.3, 0.4) is 0 Å². The number of aromatic nitrogens is 4. The maximum absolute atomic E-state index is 12.7. The van der Waals surface area contributed by atoms with Crippen molar-refractivity contribution in [2.75, 3.05) is 10.9 Å². The summed E-state index contributed by atoms with van der Waals surface area (Å²) in [7, 11) is -5.27. The van der Waals surface area contributed by atoms with Gasteiger partial charge in [-0.05, 0) is 51.1 Å². The van der Waals surface area contributed by atoms with Crippen molar-refractivity contribution in [3.63, 3.8) is 0 Å². The van der Waals surface area contributed by atoms with E-state index in [1.165, 1.54) is 22.9 Å². The molecule has 1 aromatic carbocycles. The average molecular weight is 767 g/mol. The Morgan fingerprint density at radius 1 is 0.880 bits per heavy atom. The predicted octanol–water partition coefficient (Wildman–Crippen LogP) is -4.23. The molecule has 18 nitrogen and oxygen atoms in total. The molecule has 0 atom stereocenters. The minimum atomic E-state index is -5.27. The van der Waals surface area contributed by atoms with Crippen molar-refractivity contribution < 1.29 is 93.3 Å². The van der Waals surface area contributed by atoms with E-state index in [1.807, 2.05) is 6.92 Å². The molecule has 0 unspecified atom stereocenters. The number of hydrogen-bond donors (Lipinski definition) is 5. The molecule has 2 heterocycles. The van der Waals surface area contributed by atoms with E-state index >= 15 is 0 Å². The van der Waals surface area contributed by atoms with Crippen molar-refractivity contribution in [1.82, 2.24) is 20.0 Å². The number of ketones is 2. The number of hydrazone groups is 2. The van der Waals surface area contributed by atoms with E-state index in [-0.39, 0.29) is 94.2 Å². The summed E-state index contributed by atoms with van der Waals surface area (Å²) >= 11 is 5.74. The molecular weight excluding hydrogens is 744 g/mol. The van der Waals surface area contributed by atoms with Crippen LogP contribution in [0.2, 0.25) is 0 Å². The van der Waals surface area contributed by atoms with Crippen LogP contribution in [0.15, 0.2) is 90.1 Å². The van der Waals surface area contributed by atoms with Gasteiger partial charge < -0.3 is 9.65 Å². The van der Waals surface area contributed by atoms with Crippen LogP contribution in [0.5, 0.6) is 0 Å². The largest absolute Gasteiger partial charge is 1.00 e. The molecule has 0 saturated carbocycles. The van der Waals surface area contributed by atoms with Crippen molar-refractivity contribution >= 4 is 56.1 Å². The topological polar surface area (TPSA) is 270 Å². The predicted molar refractivity (Wildman–Crippen MR) is 170 cm³/mol. The fourth-order valence-electron chi connectivity index (χ4n) is 3.89. The molecule has 2 aromatic heterocycles. The van der Waals surface area contributed by atoms with E-state index in [2.05, 4.69) is 36.4 Å². The number of Topliss-reactive ketones (excluding diaryl/α,β-unsaturated/α-hetero) is 1. The zero-order chi connectivity index (χ0) is 34.6. The maximum Gasteiger partial charge on any atom is 1.00 e. The number of nitrogens with zero attached hydrogens (tertiary/aromatic N) is 4. The summed E-state index contributed by atoms with van der Waals surface area (Å²) in [4.78, 5) is 56.3. The first-order valence-corrected chi connectivity index (χ1v) is 14.9. The molecule has 0 bridgehead atoms. The van der Waals surface area contributed by atoms with Crippen LogP contribution in [0.4, 0.5) is 11.4 Å². The summed E-state index contributed by atoms with van der Waals surface area (Å²) in [6.07, 6.45) is 5.29. The molecule has 5 rings (SSSR count). The van der Waals surface area contributed by atoms with Gasteiger partial charge in [0.15, 0.2) is 0 Å². The standard InChI is InChI=1S/C17H15N5O7S.C10H9ClN4O2.Cr.Li.Na/c1-9-3-5-11(6-4-9)21-17(24)15(10(2)20-21)19-18-13-7-12(22(25)26)8-14(16(13)23)30(27,28)29;1-5-9(10(17)15-12-5)14-13-7-4-6(11)2-3-8(7)16;;;/h3-8,19-20H,1-2H3,(H,27,28,29);2-4,14H,1H3,(H2,12,15,17);;;/q;;;2*+1/p-1. The fraction of sp³-hybridized carbons (Fsp3) is 0.111. The minimum absolute atomic E-state index is 0. The number of carbonyl (C=O) groups is 2. The first-order chi connectivity index (χ1) is 22.1. The zero-order valence-electron chi connectivity index (χ0n) is 26.9. The second kappa shape index (κ2) is 18.4. The number of halogens is 1. The molecule has 3 aromatic rings. The summed E-state index contributed by atoms with van der Waals surface area (Å²) in [5, 5.41) is 26.7. The molecule has 250 valence electrons. The number of aromatic amines is 3. The molecule has 0 saturated heterocycles. The second-order valence-electron chi connectivity index (χ2n) is 9.73. The molecule has 0 aliphatic heterocycles. The van der Waals surface area contributed by atoms with Crippen LogP contribution in [0.25, 0.3) is 5.69 Å². The average Bonchev–Trinajstić information content (AvgIpc) is 3.48. The van der Waals surface area contributed by atoms with Gasteiger partial charge >= 0.3 is 48.4 Å². The normalized spacial score (nSPS) is 15.3. The third kappa shape index (κ3) is 10.6. The second-order valence-corrected chi connectivity index (χ2v) is 11.5. The first kappa shape index (κ1) is 44.2. The summed E-state index contributed by atoms with van der Waals surface area (Å²) in [6, 6.07) is 7.00. The van der Waals surface area contributed by atoms with Crippen molar-refractivity contribution in [1.29, 1.82) is 0 Å². The smallest absolute Gasteiger partial charge is 0.744 e. The number of nitrogens with one attached hydrogen (secondary N) is 5. The molecule has 0 radical (unpaired) electrons. The number of benzene rings is 1. The van der Waals surface area contributed by atoms with Crippen LogP contribution in [-0.2, 0) is 37.1 Å². The molecule has 5 N–H and O–H groups in total. The van der Waals surface area contributed by atoms with Crippen molar-refractivity contribution in [2.45, 2.75) is 20.8 Å². The Balaban J connectivity index is 0.000000536. The number of anilines is 2. The quantitative estimate of drug-likeness (QED) is 0.0506. The van der Waals surface area contributed by atoms with Gasteiger partial charge in [-0.25, -0.2) is 13.1 Å². The number of rotatable bonds is 7. The van der Waals surface area contributed by atoms with Gasteiger partial charge in [0.25, 0.3) is 16.8 Å². The van der Waals surface area contributed by atoms with Crippen molar-refractivity contribution in [2.24, 2.45) is 10.2 Å². The SMILES string of the molecule is Cc1[nH][nH]c(=O)c1NN=C1C=C(Cl)C=CC1=O.Cc1ccc(-n2[nH]c(C)c(NN=C3C=C([N+](=O)[O-])C=C(S(=O)(=O)[O-])C3=O)c2=O)cc1.[Cr].[Li+].[Na+]. The fourth-order valence-corrected chi connectivity index (χ4v) is 4.66. The summed E-state index contributed by atoms with van der Waals surface area (Å²) in [5.41, 5.74) is 5.24. The molecule has 50 heavy (non-hydrogen) atoms. The Morgan fingerprint density at radius 2 is 1.48 bits per heavy atom. The van der Waals surface area contributed by atoms with E-state index < -0.39 is 42.7 Å². The van der Waals surface area contributed by atoms with Gasteiger partial charge in [-0.15, -0.1) is 0 Å². The Morgan fingerprint density at radius 3 is 2.04 bits per heavy atom. The molecular formula is C27H23ClCrLiN9NaO9S+. The molecule has 0 amide bonds. The third-order valence-electron chi connectivity index (χ3n) is 6.33. The van der Waals surface area contributed by atoms with E-state index in [4.69, 9.17) is 11.6 Å². The van der Waals surface area contributed by atoms with E-state index in [0.29, 0.717) is 34.3 Å². The molecule has 0 spiro atoms. The van der Waals surface area contributed by atoms with Gasteiger partial charge in [0, 0.05) is 34.5 Å². The Bertz CT molecular complexity index is 2230. The van der Waals surface area contributed by atoms with Crippen molar-refractivity contribution in [3.05, 3.63) is 118 Å². The minimum Gasteiger partial charge on any atom is -0.744 e. The monoisotopic (exact) mass is 766 g/mol. The van der Waals surface area contributed by atoms with Gasteiger partial charge in [0.2, 0.25) is 11.6 Å². The first-order valence-electron chi connectivity index (χ1n) is 13.1. The zero-order valence-corrected chi connectivity index (χ0v) is 31.7. The number of allylic oxidation sites excluding steroid dienone is 7. The van der Waals surface area contributed by atoms with Crippen LogP contribution in [0.1, 0.15) is 17.0 Å². The van der Waals surface area contributed by atoms with Gasteiger partial charge in [0.1, 0.15) is 37.8 Å². The number of nitro groups is 1. The Labute approximate surface area is 332 Å². The van der Waals surface area contributed by atoms with Gasteiger partial charge in [-0.3, -0.25) is 50.3 Å². The molecule has 0 fully saturated rings. The van der Waals surface area contributed by atoms with Gasteiger partial charge in [-0.1, -0.05) is 29.3 Å². The van der Waals surface area contributed by atoms with E-state index in [1.54, 1.807) is 38.1 Å². The number of H-pyrrole nitrogens is 3. The molecule has 2 aliphatic carbocycles. The Hall–Kier alpha value is -3.79. The van der Waals surface area contributed by atoms with Crippen LogP contribution in [-0.4, -0.2) is 60.9 Å². The Kier molecular flexibility index (Phi) is 16.3. The van der Waals surface area contributed by atoms with Crippen LogP contribution in [0, 0.1) is 30.9 Å². The van der Waals surface area contributed by atoms with E-state index in [0.717, 1.165) is 5.56 Å². The van der Waals surface area contributed by atoms with Crippen LogP contribution < -0.4 is 70.4 Å². The maximum atomic E-state index is 12.7. The molecule has 23 heteroatoms. The number of hydrogen-bond acceptors (Lipinski definition) is 13. The number of carbonyl (C=O) groups excluding carboxylic acids is 2. The van der Waals surface area contributed by atoms with Crippen LogP contribution >= 0.6 is 11.6 Å². The molecule has 2 aliphatic rings. The van der Waals surface area contributed by atoms with Gasteiger partial charge in [-0.2, -0.15) is 10.2 Å². The third-order valence-corrected chi connectivity index (χ3v) is 7.40. The van der Waals surface area contributed by atoms with Gasteiger partial charge in [0.05, 0.1) is 22.0 Å².